The molecule has 8 nitrogen and oxygen atoms in total. The maximum atomic E-state index is 12.3. The van der Waals surface area contributed by atoms with Crippen LogP contribution < -0.4 is 20.1 Å². The average molecular weight is 465 g/mol. The van der Waals surface area contributed by atoms with Gasteiger partial charge in [-0.05, 0) is 30.3 Å². The second-order valence-electron chi connectivity index (χ2n) is 5.74. The predicted octanol–water partition coefficient (Wildman–Crippen LogP) is 4.19. The number of nitrogens with zero attached hydrogens (tertiary/aromatic N) is 2. The van der Waals surface area contributed by atoms with E-state index in [9.17, 15) is 9.59 Å². The zero-order chi connectivity index (χ0) is 21.5. The van der Waals surface area contributed by atoms with E-state index in [4.69, 9.17) is 21.1 Å². The summed E-state index contributed by atoms with van der Waals surface area (Å²) >= 11 is 8.28. The number of methoxy groups -OCH3 is 2. The van der Waals surface area contributed by atoms with E-state index in [0.717, 1.165) is 0 Å². The third kappa shape index (κ3) is 5.85. The first-order valence-electron chi connectivity index (χ1n) is 8.53. The molecule has 3 aromatic rings. The Balaban J connectivity index is 1.55. The molecule has 11 heteroatoms. The molecule has 2 amide bonds. The fraction of sp³-hybridized carbons (Fsp3) is 0.158. The number of carbonyl (C=O) groups excluding carboxylic acids is 2. The molecule has 1 heterocycles. The third-order valence-corrected chi connectivity index (χ3v) is 5.93. The molecule has 0 atom stereocenters. The second-order valence-corrected chi connectivity index (χ2v) is 8.38. The van der Waals surface area contributed by atoms with Gasteiger partial charge in [0.1, 0.15) is 11.5 Å². The molecule has 0 saturated carbocycles. The van der Waals surface area contributed by atoms with Crippen LogP contribution in [0.15, 0.2) is 46.8 Å². The summed E-state index contributed by atoms with van der Waals surface area (Å²) in [6.07, 6.45) is 0. The van der Waals surface area contributed by atoms with Gasteiger partial charge in [0, 0.05) is 16.7 Å². The van der Waals surface area contributed by atoms with Crippen LogP contribution in [0.25, 0.3) is 0 Å². The van der Waals surface area contributed by atoms with Gasteiger partial charge in [-0.15, -0.1) is 10.2 Å². The minimum absolute atomic E-state index is 0.108. The topological polar surface area (TPSA) is 102 Å². The lowest BCUT2D eigenvalue weighted by Gasteiger charge is -2.11. The number of thioether (sulfide) groups is 1. The van der Waals surface area contributed by atoms with Crippen molar-refractivity contribution in [3.8, 4) is 11.5 Å². The average Bonchev–Trinajstić information content (AvgIpc) is 3.19. The zero-order valence-electron chi connectivity index (χ0n) is 16.0. The van der Waals surface area contributed by atoms with E-state index < -0.39 is 0 Å². The summed E-state index contributed by atoms with van der Waals surface area (Å²) in [5, 5.41) is 14.2. The Bertz CT molecular complexity index is 1060. The number of carbonyl (C=O) groups is 2. The summed E-state index contributed by atoms with van der Waals surface area (Å²) in [5.41, 5.74) is 0.924. The van der Waals surface area contributed by atoms with E-state index in [-0.39, 0.29) is 17.6 Å². The molecule has 0 fully saturated rings. The lowest BCUT2D eigenvalue weighted by Crippen LogP contribution is -2.14. The lowest BCUT2D eigenvalue weighted by molar-refractivity contribution is -0.113. The van der Waals surface area contributed by atoms with Crippen molar-refractivity contribution in [1.82, 2.24) is 10.2 Å². The normalized spacial score (nSPS) is 10.4. The van der Waals surface area contributed by atoms with Crippen LogP contribution >= 0.6 is 34.7 Å². The largest absolute Gasteiger partial charge is 0.497 e. The minimum Gasteiger partial charge on any atom is -0.497 e. The van der Waals surface area contributed by atoms with Crippen LogP contribution in [0.1, 0.15) is 10.4 Å². The molecule has 3 rings (SSSR count). The van der Waals surface area contributed by atoms with Gasteiger partial charge in [0.25, 0.3) is 5.91 Å². The molecule has 0 bridgehead atoms. The molecule has 0 saturated heterocycles. The number of ether oxygens (including phenoxy) is 2. The van der Waals surface area contributed by atoms with E-state index in [1.54, 1.807) is 49.6 Å². The van der Waals surface area contributed by atoms with Crippen molar-refractivity contribution in [2.75, 3.05) is 30.6 Å². The molecule has 2 N–H and O–H groups in total. The highest BCUT2D eigenvalue weighted by Crippen LogP contribution is 2.30. The SMILES string of the molecule is COc1ccc(OC)c(NC(=O)CSc2nnc(NC(=O)c3cccc(Cl)c3)s2)c1. The van der Waals surface area contributed by atoms with Gasteiger partial charge in [-0.25, -0.2) is 0 Å². The number of amides is 2. The Labute approximate surface area is 185 Å². The monoisotopic (exact) mass is 464 g/mol. The van der Waals surface area contributed by atoms with E-state index in [2.05, 4.69) is 20.8 Å². The summed E-state index contributed by atoms with van der Waals surface area (Å²) in [7, 11) is 3.06. The highest BCUT2D eigenvalue weighted by molar-refractivity contribution is 8.01. The van der Waals surface area contributed by atoms with Crippen LogP contribution in [0.5, 0.6) is 11.5 Å². The van der Waals surface area contributed by atoms with Crippen molar-refractivity contribution in [2.45, 2.75) is 4.34 Å². The van der Waals surface area contributed by atoms with E-state index in [1.807, 2.05) is 0 Å². The van der Waals surface area contributed by atoms with Gasteiger partial charge in [-0.3, -0.25) is 14.9 Å². The first kappa shape index (κ1) is 21.9. The zero-order valence-corrected chi connectivity index (χ0v) is 18.4. The number of nitrogens with one attached hydrogen (secondary N) is 2. The van der Waals surface area contributed by atoms with Gasteiger partial charge in [0.15, 0.2) is 4.34 Å². The van der Waals surface area contributed by atoms with E-state index in [1.165, 1.54) is 30.2 Å². The fourth-order valence-electron chi connectivity index (χ4n) is 2.34. The fourth-order valence-corrected chi connectivity index (χ4v) is 4.08. The van der Waals surface area contributed by atoms with Crippen LogP contribution in [0.3, 0.4) is 0 Å². The number of hydrogen-bond acceptors (Lipinski definition) is 8. The molecule has 0 aliphatic rings. The Morgan fingerprint density at radius 2 is 1.93 bits per heavy atom. The van der Waals surface area contributed by atoms with E-state index >= 15 is 0 Å². The molecule has 2 aromatic carbocycles. The van der Waals surface area contributed by atoms with Crippen LogP contribution in [-0.4, -0.2) is 42.0 Å². The summed E-state index contributed by atoms with van der Waals surface area (Å²) in [5.74, 6) is 0.649. The van der Waals surface area contributed by atoms with Crippen molar-refractivity contribution >= 4 is 57.3 Å². The van der Waals surface area contributed by atoms with Gasteiger partial charge in [-0.1, -0.05) is 40.8 Å². The molecule has 0 aliphatic carbocycles. The molecule has 0 aliphatic heterocycles. The predicted molar refractivity (Wildman–Crippen MR) is 118 cm³/mol. The molecule has 156 valence electrons. The molecule has 0 unspecified atom stereocenters. The van der Waals surface area contributed by atoms with Crippen LogP contribution in [0, 0.1) is 0 Å². The summed E-state index contributed by atoms with van der Waals surface area (Å²) < 4.78 is 11.0. The number of anilines is 2. The Kier molecular flexibility index (Phi) is 7.50. The van der Waals surface area contributed by atoms with Gasteiger partial charge in [0.2, 0.25) is 11.0 Å². The third-order valence-electron chi connectivity index (χ3n) is 3.72. The quantitative estimate of drug-likeness (QED) is 0.380. The molecule has 1 aromatic heterocycles. The number of hydrogen-bond donors (Lipinski definition) is 2. The smallest absolute Gasteiger partial charge is 0.257 e. The molecule has 0 spiro atoms. The van der Waals surface area contributed by atoms with Gasteiger partial charge >= 0.3 is 0 Å². The van der Waals surface area contributed by atoms with Crippen molar-refractivity contribution in [3.63, 3.8) is 0 Å². The summed E-state index contributed by atoms with van der Waals surface area (Å²) in [4.78, 5) is 24.5. The number of halogens is 1. The molecule has 0 radical (unpaired) electrons. The molecule has 30 heavy (non-hydrogen) atoms. The van der Waals surface area contributed by atoms with Gasteiger partial charge < -0.3 is 14.8 Å². The van der Waals surface area contributed by atoms with E-state index in [0.29, 0.717) is 37.2 Å². The maximum absolute atomic E-state index is 12.3. The van der Waals surface area contributed by atoms with Crippen LogP contribution in [-0.2, 0) is 4.79 Å². The Morgan fingerprint density at radius 3 is 2.67 bits per heavy atom. The minimum atomic E-state index is -0.340. The number of benzene rings is 2. The highest BCUT2D eigenvalue weighted by atomic mass is 35.5. The highest BCUT2D eigenvalue weighted by Gasteiger charge is 2.13. The summed E-state index contributed by atoms with van der Waals surface area (Å²) in [6, 6.07) is 11.7. The maximum Gasteiger partial charge on any atom is 0.257 e. The first-order chi connectivity index (χ1) is 14.5. The Morgan fingerprint density at radius 1 is 1.10 bits per heavy atom. The standard InChI is InChI=1S/C19H17ClN4O4S2/c1-27-13-6-7-15(28-2)14(9-13)21-16(25)10-29-19-24-23-18(30-19)22-17(26)11-4-3-5-12(20)8-11/h3-9H,10H2,1-2H3,(H,21,25)(H,22,23,26). The first-order valence-corrected chi connectivity index (χ1v) is 10.7. The van der Waals surface area contributed by atoms with Crippen molar-refractivity contribution in [1.29, 1.82) is 0 Å². The Hall–Kier alpha value is -2.82. The number of rotatable bonds is 8. The van der Waals surface area contributed by atoms with Crippen molar-refractivity contribution < 1.29 is 19.1 Å². The number of aromatic nitrogens is 2. The molecular weight excluding hydrogens is 448 g/mol. The lowest BCUT2D eigenvalue weighted by atomic mass is 10.2. The van der Waals surface area contributed by atoms with Crippen LogP contribution in [0.4, 0.5) is 10.8 Å². The second kappa shape index (κ2) is 10.3. The van der Waals surface area contributed by atoms with Crippen LogP contribution in [0.2, 0.25) is 5.02 Å². The molecular formula is C19H17ClN4O4S2. The summed E-state index contributed by atoms with van der Waals surface area (Å²) in [6.45, 7) is 0. The van der Waals surface area contributed by atoms with Crippen molar-refractivity contribution in [3.05, 3.63) is 53.1 Å². The van der Waals surface area contributed by atoms with Gasteiger partial charge in [0.05, 0.1) is 25.7 Å². The van der Waals surface area contributed by atoms with Crippen molar-refractivity contribution in [2.24, 2.45) is 0 Å². The van der Waals surface area contributed by atoms with Gasteiger partial charge in [-0.2, -0.15) is 0 Å².